The molecule has 0 aliphatic heterocycles. The molecule has 0 unspecified atom stereocenters. The quantitative estimate of drug-likeness (QED) is 0.273. The van der Waals surface area contributed by atoms with Crippen LogP contribution in [0, 0.1) is 5.41 Å². The van der Waals surface area contributed by atoms with Crippen molar-refractivity contribution < 1.29 is 28.7 Å². The molecule has 0 aliphatic carbocycles. The topological polar surface area (TPSA) is 110 Å². The summed E-state index contributed by atoms with van der Waals surface area (Å²) in [5.74, 6) is -1.28. The maximum atomic E-state index is 14.5. The van der Waals surface area contributed by atoms with Crippen LogP contribution >= 0.6 is 0 Å². The number of nitrogens with zero attached hydrogens (tertiary/aromatic N) is 3. The molecule has 0 fully saturated rings. The fourth-order valence-electron chi connectivity index (χ4n) is 5.49. The van der Waals surface area contributed by atoms with E-state index in [9.17, 15) is 19.2 Å². The predicted molar refractivity (Wildman–Crippen MR) is 178 cm³/mol. The number of nitrogens with one attached hydrogen (secondary N) is 1. The lowest BCUT2D eigenvalue weighted by atomic mass is 9.76. The van der Waals surface area contributed by atoms with E-state index < -0.39 is 52.5 Å². The van der Waals surface area contributed by atoms with Crippen LogP contribution in [0.5, 0.6) is 0 Å². The third-order valence-corrected chi connectivity index (χ3v) is 8.04. The summed E-state index contributed by atoms with van der Waals surface area (Å²) in [5.41, 5.74) is -0.144. The van der Waals surface area contributed by atoms with Gasteiger partial charge in [0.1, 0.15) is 17.7 Å². The summed E-state index contributed by atoms with van der Waals surface area (Å²) in [7, 11) is 5.13. The number of likely N-dealkylation sites (N-methyl/N-ethyl adjacent to an activating group) is 2. The van der Waals surface area contributed by atoms with Crippen molar-refractivity contribution in [1.29, 1.82) is 0 Å². The van der Waals surface area contributed by atoms with Crippen molar-refractivity contribution in [2.75, 3.05) is 20.7 Å². The van der Waals surface area contributed by atoms with E-state index in [4.69, 9.17) is 9.47 Å². The molecule has 0 radical (unpaired) electrons. The molecule has 250 valence electrons. The fraction of sp³-hybridized carbons (Fsp3) is 0.600. The lowest BCUT2D eigenvalue weighted by molar-refractivity contribution is -0.141. The molecule has 3 amide bonds. The molecule has 45 heavy (non-hydrogen) atoms. The van der Waals surface area contributed by atoms with E-state index in [-0.39, 0.29) is 12.5 Å². The first kappa shape index (κ1) is 37.4. The number of benzene rings is 1. The monoisotopic (exact) mass is 626 g/mol. The fourth-order valence-corrected chi connectivity index (χ4v) is 5.49. The summed E-state index contributed by atoms with van der Waals surface area (Å²) in [5, 5.41) is 3.98. The number of fused-ring (bicyclic) bond motifs is 1. The summed E-state index contributed by atoms with van der Waals surface area (Å²) in [6, 6.07) is 5.44. The highest BCUT2D eigenvalue weighted by atomic mass is 16.6. The van der Waals surface area contributed by atoms with E-state index in [1.165, 1.54) is 9.80 Å². The van der Waals surface area contributed by atoms with E-state index in [0.29, 0.717) is 5.57 Å². The normalized spacial score (nSPS) is 14.8. The molecule has 0 saturated carbocycles. The minimum atomic E-state index is -1.05. The van der Waals surface area contributed by atoms with Crippen LogP contribution in [0.4, 0.5) is 4.79 Å². The van der Waals surface area contributed by atoms with Gasteiger partial charge in [-0.1, -0.05) is 58.9 Å². The standard InChI is InChI=1S/C35H54N4O6/c1-15-44-31(42)22(2)20-23(3)38(13)30(41)27(33(4,5)6)36-29(40)28(39(14)32(43)45-34(7,8)9)35(10,11)25-21-37(12)26-19-17-16-18-24(25)26/h16-21,23,27-28H,15H2,1-14H3,(H,36,40)/b22-20+/t23-,27-,28-/m1/s1. The van der Waals surface area contributed by atoms with Crippen molar-refractivity contribution in [1.82, 2.24) is 19.7 Å². The highest BCUT2D eigenvalue weighted by Crippen LogP contribution is 2.37. The number of aromatic nitrogens is 1. The lowest BCUT2D eigenvalue weighted by Gasteiger charge is -2.42. The van der Waals surface area contributed by atoms with Crippen molar-refractivity contribution in [3.05, 3.63) is 47.7 Å². The third kappa shape index (κ3) is 8.89. The van der Waals surface area contributed by atoms with Gasteiger partial charge in [0.05, 0.1) is 6.61 Å². The molecule has 1 N–H and O–H groups in total. The molecule has 1 heterocycles. The Morgan fingerprint density at radius 2 is 1.56 bits per heavy atom. The van der Waals surface area contributed by atoms with Crippen LogP contribution in [0.25, 0.3) is 10.9 Å². The number of amides is 3. The average Bonchev–Trinajstić information content (AvgIpc) is 3.26. The van der Waals surface area contributed by atoms with Gasteiger partial charge in [-0.3, -0.25) is 14.5 Å². The number of rotatable bonds is 10. The van der Waals surface area contributed by atoms with Gasteiger partial charge in [-0.05, 0) is 58.6 Å². The molecule has 2 aromatic rings. The van der Waals surface area contributed by atoms with E-state index in [1.807, 2.05) is 76.7 Å². The maximum absolute atomic E-state index is 14.5. The van der Waals surface area contributed by atoms with Gasteiger partial charge in [-0.25, -0.2) is 9.59 Å². The third-order valence-electron chi connectivity index (χ3n) is 8.04. The minimum absolute atomic E-state index is 0.249. The number of para-hydroxylation sites is 1. The minimum Gasteiger partial charge on any atom is -0.463 e. The van der Waals surface area contributed by atoms with E-state index in [0.717, 1.165) is 16.5 Å². The largest absolute Gasteiger partial charge is 0.463 e. The van der Waals surface area contributed by atoms with Crippen molar-refractivity contribution >= 4 is 34.8 Å². The number of carbonyl (C=O) groups excluding carboxylic acids is 4. The number of esters is 1. The Morgan fingerprint density at radius 1 is 0.978 bits per heavy atom. The molecular formula is C35H54N4O6. The molecule has 3 atom stereocenters. The molecule has 0 bridgehead atoms. The Kier molecular flexibility index (Phi) is 11.7. The van der Waals surface area contributed by atoms with Gasteiger partial charge in [-0.15, -0.1) is 0 Å². The van der Waals surface area contributed by atoms with Gasteiger partial charge < -0.3 is 24.3 Å². The molecule has 2 rings (SSSR count). The van der Waals surface area contributed by atoms with Crippen LogP contribution in [0.3, 0.4) is 0 Å². The van der Waals surface area contributed by atoms with Crippen molar-refractivity contribution in [2.45, 2.75) is 105 Å². The van der Waals surface area contributed by atoms with Crippen LogP contribution in [0.1, 0.15) is 81.7 Å². The van der Waals surface area contributed by atoms with Gasteiger partial charge in [0.25, 0.3) is 0 Å². The van der Waals surface area contributed by atoms with Crippen LogP contribution in [-0.2, 0) is 36.3 Å². The van der Waals surface area contributed by atoms with Gasteiger partial charge in [0, 0.05) is 55.3 Å². The van der Waals surface area contributed by atoms with Gasteiger partial charge in [0.15, 0.2) is 0 Å². The first-order chi connectivity index (χ1) is 20.5. The number of carbonyl (C=O) groups is 4. The Morgan fingerprint density at radius 3 is 2.09 bits per heavy atom. The SMILES string of the molecule is CCOC(=O)/C(C)=C/[C@@H](C)N(C)C(=O)[C@@H](NC(=O)[C@@H](N(C)C(=O)OC(C)(C)C)C(C)(C)c1cn(C)c2ccccc12)C(C)(C)C. The smallest absolute Gasteiger partial charge is 0.410 e. The van der Waals surface area contributed by atoms with Crippen LogP contribution in [-0.4, -0.2) is 82.7 Å². The summed E-state index contributed by atoms with van der Waals surface area (Å²) in [4.78, 5) is 57.0. The van der Waals surface area contributed by atoms with E-state index in [2.05, 4.69) is 5.32 Å². The zero-order valence-corrected chi connectivity index (χ0v) is 29.7. The summed E-state index contributed by atoms with van der Waals surface area (Å²) in [6.07, 6.45) is 2.99. The van der Waals surface area contributed by atoms with E-state index in [1.54, 1.807) is 61.7 Å². The Labute approximate surface area is 269 Å². The van der Waals surface area contributed by atoms with Gasteiger partial charge >= 0.3 is 12.1 Å². The van der Waals surface area contributed by atoms with Crippen LogP contribution in [0.2, 0.25) is 0 Å². The second-order valence-corrected chi connectivity index (χ2v) is 14.5. The molecule has 0 aliphatic rings. The molecule has 10 nitrogen and oxygen atoms in total. The highest BCUT2D eigenvalue weighted by Gasteiger charge is 2.46. The Bertz CT molecular complexity index is 1430. The molecule has 0 saturated heterocycles. The maximum Gasteiger partial charge on any atom is 0.410 e. The molecule has 10 heteroatoms. The highest BCUT2D eigenvalue weighted by molar-refractivity contribution is 5.94. The zero-order valence-electron chi connectivity index (χ0n) is 29.7. The summed E-state index contributed by atoms with van der Waals surface area (Å²) < 4.78 is 12.8. The Hall–Kier alpha value is -3.82. The van der Waals surface area contributed by atoms with Crippen molar-refractivity contribution in [3.63, 3.8) is 0 Å². The van der Waals surface area contributed by atoms with Crippen LogP contribution < -0.4 is 5.32 Å². The predicted octanol–water partition coefficient (Wildman–Crippen LogP) is 5.58. The molecule has 1 aromatic heterocycles. The number of aryl methyl sites for hydroxylation is 1. The summed E-state index contributed by atoms with van der Waals surface area (Å²) in [6.45, 7) is 20.2. The Balaban J connectivity index is 2.59. The number of hydrogen-bond acceptors (Lipinski definition) is 6. The first-order valence-corrected chi connectivity index (χ1v) is 15.5. The van der Waals surface area contributed by atoms with Crippen molar-refractivity contribution in [3.8, 4) is 0 Å². The average molecular weight is 627 g/mol. The second kappa shape index (κ2) is 14.1. The van der Waals surface area contributed by atoms with E-state index >= 15 is 0 Å². The first-order valence-electron chi connectivity index (χ1n) is 15.5. The van der Waals surface area contributed by atoms with Gasteiger partial charge in [0.2, 0.25) is 11.8 Å². The molecule has 0 spiro atoms. The lowest BCUT2D eigenvalue weighted by Crippen LogP contribution is -2.62. The zero-order chi connectivity index (χ0) is 34.7. The number of hydrogen-bond donors (Lipinski definition) is 1. The molecular weight excluding hydrogens is 572 g/mol. The van der Waals surface area contributed by atoms with Gasteiger partial charge in [-0.2, -0.15) is 0 Å². The summed E-state index contributed by atoms with van der Waals surface area (Å²) >= 11 is 0. The van der Waals surface area contributed by atoms with Crippen molar-refractivity contribution in [2.24, 2.45) is 12.5 Å². The molecule has 1 aromatic carbocycles. The second-order valence-electron chi connectivity index (χ2n) is 14.5. The van der Waals surface area contributed by atoms with Crippen LogP contribution in [0.15, 0.2) is 42.1 Å². The number of ether oxygens (including phenoxy) is 2.